The second-order valence-electron chi connectivity index (χ2n) is 13.3. The van der Waals surface area contributed by atoms with Gasteiger partial charge >= 0.3 is 0 Å². The lowest BCUT2D eigenvalue weighted by Gasteiger charge is -2.47. The molecular weight excluding hydrogens is 637 g/mol. The molecule has 0 amide bonds. The normalized spacial score (nSPS) is 13.6. The van der Waals surface area contributed by atoms with Crippen molar-refractivity contribution < 1.29 is 0 Å². The Bertz CT molecular complexity index is 2650. The van der Waals surface area contributed by atoms with Crippen molar-refractivity contribution in [2.24, 2.45) is 0 Å². The molecule has 0 spiro atoms. The Balaban J connectivity index is 1.33. The molecule has 0 saturated heterocycles. The maximum Gasteiger partial charge on any atom is 0.249 e. The van der Waals surface area contributed by atoms with Gasteiger partial charge in [0.25, 0.3) is 0 Å². The van der Waals surface area contributed by atoms with Crippen molar-refractivity contribution in [1.82, 2.24) is 0 Å². The monoisotopic (exact) mass is 667 g/mol. The van der Waals surface area contributed by atoms with Crippen LogP contribution in [0.5, 0.6) is 0 Å². The Hall–Kier alpha value is -6.17. The molecule has 5 heteroatoms. The average Bonchev–Trinajstić information content (AvgIpc) is 3.20. The molecule has 0 atom stereocenters. The summed E-state index contributed by atoms with van der Waals surface area (Å²) in [6, 6.07) is 66.7. The van der Waals surface area contributed by atoms with Crippen molar-refractivity contribution in [2.45, 2.75) is 9.79 Å². The highest BCUT2D eigenvalue weighted by Gasteiger charge is 2.46. The highest BCUT2D eigenvalue weighted by Crippen LogP contribution is 2.60. The number of hydrogen-bond donors (Lipinski definition) is 0. The average molecular weight is 668 g/mol. The molecule has 0 bridgehead atoms. The Kier molecular flexibility index (Phi) is 6.28. The summed E-state index contributed by atoms with van der Waals surface area (Å²) < 4.78 is 0. The van der Waals surface area contributed by atoms with Gasteiger partial charge in [-0.15, -0.1) is 0 Å². The van der Waals surface area contributed by atoms with E-state index in [9.17, 15) is 0 Å². The van der Waals surface area contributed by atoms with Gasteiger partial charge in [-0.2, -0.15) is 0 Å². The Labute approximate surface area is 302 Å². The first kappa shape index (κ1) is 28.7. The molecule has 0 N–H and O–H groups in total. The van der Waals surface area contributed by atoms with Crippen LogP contribution in [0.3, 0.4) is 0 Å². The van der Waals surface area contributed by atoms with E-state index in [1.807, 2.05) is 11.8 Å². The van der Waals surface area contributed by atoms with E-state index in [-0.39, 0.29) is 6.71 Å². The second-order valence-corrected chi connectivity index (χ2v) is 14.4. The summed E-state index contributed by atoms with van der Waals surface area (Å²) in [5.41, 5.74) is 14.6. The predicted molar refractivity (Wildman–Crippen MR) is 217 cm³/mol. The molecule has 3 aliphatic rings. The molecule has 238 valence electrons. The van der Waals surface area contributed by atoms with Crippen molar-refractivity contribution in [3.63, 3.8) is 0 Å². The summed E-state index contributed by atoms with van der Waals surface area (Å²) in [5, 5.41) is 2.45. The van der Waals surface area contributed by atoms with Gasteiger partial charge in [0.2, 0.25) is 6.71 Å². The largest absolute Gasteiger partial charge is 0.309 e. The first-order valence-electron chi connectivity index (χ1n) is 17.5. The number of nitrogens with zero attached hydrogens (tertiary/aromatic N) is 3. The van der Waals surface area contributed by atoms with E-state index in [0.717, 1.165) is 28.4 Å². The summed E-state index contributed by atoms with van der Waals surface area (Å²) in [5.74, 6) is 0. The van der Waals surface area contributed by atoms with Crippen LogP contribution in [0.1, 0.15) is 0 Å². The minimum absolute atomic E-state index is 0.0923. The Morgan fingerprint density at radius 2 is 0.922 bits per heavy atom. The third kappa shape index (κ3) is 4.16. The van der Waals surface area contributed by atoms with E-state index >= 15 is 0 Å². The fourth-order valence-electron chi connectivity index (χ4n) is 8.53. The van der Waals surface area contributed by atoms with Crippen LogP contribution in [0.25, 0.3) is 10.8 Å². The molecule has 0 saturated carbocycles. The lowest BCUT2D eigenvalue weighted by molar-refractivity contribution is 1.15. The van der Waals surface area contributed by atoms with Crippen molar-refractivity contribution >= 4 is 96.8 Å². The third-order valence-electron chi connectivity index (χ3n) is 10.6. The van der Waals surface area contributed by atoms with Gasteiger partial charge in [0.1, 0.15) is 0 Å². The SMILES string of the molecule is c1ccc(N2c3ccccc3N(c3cccc4ccccc34)c3cc4c5c(c32)N(c2ccccc2)c2ccccc2B5c2ccccc2S4)cc1. The molecule has 0 fully saturated rings. The molecule has 3 aliphatic heterocycles. The zero-order valence-electron chi connectivity index (χ0n) is 27.6. The number of para-hydroxylation sites is 5. The van der Waals surface area contributed by atoms with Crippen LogP contribution in [-0.4, -0.2) is 6.71 Å². The van der Waals surface area contributed by atoms with Crippen molar-refractivity contribution in [3.05, 3.63) is 182 Å². The smallest absolute Gasteiger partial charge is 0.249 e. The van der Waals surface area contributed by atoms with Gasteiger partial charge in [-0.3, -0.25) is 0 Å². The minimum Gasteiger partial charge on any atom is -0.309 e. The summed E-state index contributed by atoms with van der Waals surface area (Å²) in [6.07, 6.45) is 0. The van der Waals surface area contributed by atoms with Crippen LogP contribution < -0.4 is 31.1 Å². The van der Waals surface area contributed by atoms with Crippen LogP contribution in [0, 0.1) is 0 Å². The molecule has 0 unspecified atom stereocenters. The first-order chi connectivity index (χ1) is 25.3. The highest BCUT2D eigenvalue weighted by atomic mass is 32.2. The van der Waals surface area contributed by atoms with E-state index < -0.39 is 0 Å². The fraction of sp³-hybridized carbons (Fsp3) is 0. The molecular formula is C46H30BN3S. The van der Waals surface area contributed by atoms with Crippen molar-refractivity contribution in [3.8, 4) is 0 Å². The highest BCUT2D eigenvalue weighted by molar-refractivity contribution is 8.00. The van der Waals surface area contributed by atoms with Gasteiger partial charge in [0.15, 0.2) is 0 Å². The number of benzene rings is 8. The predicted octanol–water partition coefficient (Wildman–Crippen LogP) is 10.9. The first-order valence-corrected chi connectivity index (χ1v) is 18.3. The third-order valence-corrected chi connectivity index (χ3v) is 11.7. The number of rotatable bonds is 3. The fourth-order valence-corrected chi connectivity index (χ4v) is 9.71. The van der Waals surface area contributed by atoms with Crippen LogP contribution in [0.2, 0.25) is 0 Å². The standard InChI is InChI=1S/C46H30BN3S/c1-3-18-32(19-4-1)48-38-25-11-9-23-35(38)47-36-24-10-14-29-42(36)51-43-30-41-45(46(48)44(43)47)49(33-20-5-2-6-21-33)39-26-12-13-27-40(39)50(41)37-28-15-17-31-16-7-8-22-34(31)37/h1-30H. The van der Waals surface area contributed by atoms with Gasteiger partial charge in [0.05, 0.1) is 34.1 Å². The number of anilines is 9. The second kappa shape index (κ2) is 11.2. The molecule has 51 heavy (non-hydrogen) atoms. The van der Waals surface area contributed by atoms with E-state index in [4.69, 9.17) is 0 Å². The molecule has 3 nitrogen and oxygen atoms in total. The van der Waals surface area contributed by atoms with E-state index in [1.165, 1.54) is 59.7 Å². The molecule has 0 aromatic heterocycles. The maximum atomic E-state index is 2.53. The Morgan fingerprint density at radius 3 is 1.69 bits per heavy atom. The van der Waals surface area contributed by atoms with E-state index in [1.54, 1.807) is 0 Å². The molecule has 0 radical (unpaired) electrons. The maximum absolute atomic E-state index is 2.53. The topological polar surface area (TPSA) is 9.72 Å². The van der Waals surface area contributed by atoms with Gasteiger partial charge in [-0.05, 0) is 77.0 Å². The van der Waals surface area contributed by atoms with Gasteiger partial charge in [-0.25, -0.2) is 0 Å². The summed E-state index contributed by atoms with van der Waals surface area (Å²) in [6.45, 7) is 0.0923. The summed E-state index contributed by atoms with van der Waals surface area (Å²) >= 11 is 1.90. The lowest BCUT2D eigenvalue weighted by Crippen LogP contribution is -2.60. The molecule has 8 aromatic carbocycles. The molecule has 0 aliphatic carbocycles. The van der Waals surface area contributed by atoms with Crippen molar-refractivity contribution in [1.29, 1.82) is 0 Å². The zero-order valence-corrected chi connectivity index (χ0v) is 28.5. The molecule has 11 rings (SSSR count). The van der Waals surface area contributed by atoms with Crippen LogP contribution in [0.15, 0.2) is 192 Å². The summed E-state index contributed by atoms with van der Waals surface area (Å²) in [7, 11) is 0. The van der Waals surface area contributed by atoms with Crippen LogP contribution in [-0.2, 0) is 0 Å². The van der Waals surface area contributed by atoms with Gasteiger partial charge in [0, 0.05) is 32.2 Å². The van der Waals surface area contributed by atoms with Crippen LogP contribution in [0.4, 0.5) is 51.2 Å². The van der Waals surface area contributed by atoms with Gasteiger partial charge < -0.3 is 14.7 Å². The Morgan fingerprint density at radius 1 is 0.373 bits per heavy atom. The lowest BCUT2D eigenvalue weighted by atomic mass is 9.34. The number of hydrogen-bond acceptors (Lipinski definition) is 4. The van der Waals surface area contributed by atoms with E-state index in [0.29, 0.717) is 0 Å². The molecule has 8 aromatic rings. The van der Waals surface area contributed by atoms with E-state index in [2.05, 4.69) is 197 Å². The van der Waals surface area contributed by atoms with Crippen molar-refractivity contribution in [2.75, 3.05) is 14.7 Å². The number of fused-ring (bicyclic) bond motifs is 8. The molecule has 3 heterocycles. The van der Waals surface area contributed by atoms with Gasteiger partial charge in [-0.1, -0.05) is 139 Å². The zero-order chi connectivity index (χ0) is 33.5. The quantitative estimate of drug-likeness (QED) is 0.173. The van der Waals surface area contributed by atoms with Crippen LogP contribution >= 0.6 is 11.8 Å². The summed E-state index contributed by atoms with van der Waals surface area (Å²) in [4.78, 5) is 10.2. The minimum atomic E-state index is 0.0923.